The van der Waals surface area contributed by atoms with E-state index in [0.29, 0.717) is 5.92 Å². The van der Waals surface area contributed by atoms with E-state index in [1.807, 2.05) is 25.1 Å². The maximum atomic E-state index is 5.51. The lowest BCUT2D eigenvalue weighted by Gasteiger charge is -2.14. The van der Waals surface area contributed by atoms with E-state index >= 15 is 0 Å². The van der Waals surface area contributed by atoms with Crippen LogP contribution in [-0.2, 0) is 0 Å². The SMILES string of the molecule is Cc1cccc(C(NN)C2CC2)n1. The highest BCUT2D eigenvalue weighted by molar-refractivity contribution is 5.15. The van der Waals surface area contributed by atoms with Crippen LogP contribution in [0.4, 0.5) is 0 Å². The summed E-state index contributed by atoms with van der Waals surface area (Å²) in [5.41, 5.74) is 4.97. The molecule has 13 heavy (non-hydrogen) atoms. The number of nitrogens with one attached hydrogen (secondary N) is 1. The highest BCUT2D eigenvalue weighted by Crippen LogP contribution is 2.39. The number of nitrogens with zero attached hydrogens (tertiary/aromatic N) is 1. The molecule has 3 heteroatoms. The minimum atomic E-state index is 0.250. The van der Waals surface area contributed by atoms with Gasteiger partial charge in [-0.2, -0.15) is 0 Å². The first kappa shape index (κ1) is 8.66. The Morgan fingerprint density at radius 1 is 1.54 bits per heavy atom. The van der Waals surface area contributed by atoms with Gasteiger partial charge in [-0.05, 0) is 37.8 Å². The van der Waals surface area contributed by atoms with Gasteiger partial charge in [0.25, 0.3) is 0 Å². The average Bonchev–Trinajstić information content (AvgIpc) is 2.90. The van der Waals surface area contributed by atoms with Crippen molar-refractivity contribution in [2.24, 2.45) is 11.8 Å². The summed E-state index contributed by atoms with van der Waals surface area (Å²) in [7, 11) is 0. The van der Waals surface area contributed by atoms with Crippen LogP contribution in [0.3, 0.4) is 0 Å². The summed E-state index contributed by atoms with van der Waals surface area (Å²) in [4.78, 5) is 4.46. The first-order chi connectivity index (χ1) is 6.31. The minimum Gasteiger partial charge on any atom is -0.271 e. The maximum absolute atomic E-state index is 5.51. The third kappa shape index (κ3) is 1.87. The van der Waals surface area contributed by atoms with Gasteiger partial charge in [0, 0.05) is 5.69 Å². The lowest BCUT2D eigenvalue weighted by atomic mass is 10.1. The molecule has 1 aromatic rings. The molecule has 1 aliphatic carbocycles. The number of aryl methyl sites for hydroxylation is 1. The molecule has 1 unspecified atom stereocenters. The molecule has 1 saturated carbocycles. The number of pyridine rings is 1. The first-order valence-electron chi connectivity index (χ1n) is 4.71. The van der Waals surface area contributed by atoms with E-state index in [4.69, 9.17) is 5.84 Å². The molecule has 0 spiro atoms. The number of hydrazine groups is 1. The highest BCUT2D eigenvalue weighted by Gasteiger charge is 2.32. The van der Waals surface area contributed by atoms with Gasteiger partial charge < -0.3 is 0 Å². The van der Waals surface area contributed by atoms with Crippen LogP contribution in [0.1, 0.15) is 30.3 Å². The van der Waals surface area contributed by atoms with Crippen molar-refractivity contribution < 1.29 is 0 Å². The van der Waals surface area contributed by atoms with E-state index in [-0.39, 0.29) is 6.04 Å². The summed E-state index contributed by atoms with van der Waals surface area (Å²) >= 11 is 0. The zero-order chi connectivity index (χ0) is 9.26. The molecule has 0 radical (unpaired) electrons. The van der Waals surface area contributed by atoms with Gasteiger partial charge in [-0.1, -0.05) is 6.07 Å². The number of hydrogen-bond acceptors (Lipinski definition) is 3. The lowest BCUT2D eigenvalue weighted by molar-refractivity contribution is 0.484. The van der Waals surface area contributed by atoms with E-state index in [1.165, 1.54) is 12.8 Å². The number of hydrogen-bond donors (Lipinski definition) is 2. The molecule has 1 aliphatic rings. The van der Waals surface area contributed by atoms with Crippen LogP contribution in [0.5, 0.6) is 0 Å². The van der Waals surface area contributed by atoms with Crippen LogP contribution in [0.15, 0.2) is 18.2 Å². The molecule has 70 valence electrons. The second kappa shape index (κ2) is 3.44. The zero-order valence-electron chi connectivity index (χ0n) is 7.83. The number of rotatable bonds is 3. The standard InChI is InChI=1S/C10H15N3/c1-7-3-2-4-9(12-7)10(13-11)8-5-6-8/h2-4,8,10,13H,5-6,11H2,1H3. The molecule has 2 rings (SSSR count). The second-order valence-electron chi connectivity index (χ2n) is 3.69. The Hall–Kier alpha value is -0.930. The van der Waals surface area contributed by atoms with Gasteiger partial charge in [-0.25, -0.2) is 0 Å². The van der Waals surface area contributed by atoms with Gasteiger partial charge in [0.2, 0.25) is 0 Å². The molecule has 3 N–H and O–H groups in total. The van der Waals surface area contributed by atoms with Crippen LogP contribution in [0, 0.1) is 12.8 Å². The molecule has 1 atom stereocenters. The molecule has 0 aromatic carbocycles. The van der Waals surface area contributed by atoms with Crippen LogP contribution in [-0.4, -0.2) is 4.98 Å². The Balaban J connectivity index is 2.21. The summed E-state index contributed by atoms with van der Waals surface area (Å²) in [5.74, 6) is 6.20. The van der Waals surface area contributed by atoms with Crippen molar-refractivity contribution >= 4 is 0 Å². The van der Waals surface area contributed by atoms with Crippen LogP contribution in [0.2, 0.25) is 0 Å². The normalized spacial score (nSPS) is 18.6. The van der Waals surface area contributed by atoms with Crippen molar-refractivity contribution in [1.29, 1.82) is 0 Å². The Labute approximate surface area is 78.3 Å². The monoisotopic (exact) mass is 177 g/mol. The lowest BCUT2D eigenvalue weighted by Crippen LogP contribution is -2.30. The fourth-order valence-electron chi connectivity index (χ4n) is 1.63. The van der Waals surface area contributed by atoms with Crippen LogP contribution >= 0.6 is 0 Å². The zero-order valence-corrected chi connectivity index (χ0v) is 7.83. The second-order valence-corrected chi connectivity index (χ2v) is 3.69. The molecule has 0 aliphatic heterocycles. The largest absolute Gasteiger partial charge is 0.271 e. The Kier molecular flexibility index (Phi) is 2.29. The summed E-state index contributed by atoms with van der Waals surface area (Å²) in [6, 6.07) is 6.32. The minimum absolute atomic E-state index is 0.250. The number of nitrogens with two attached hydrogens (primary N) is 1. The third-order valence-corrected chi connectivity index (χ3v) is 2.50. The Morgan fingerprint density at radius 2 is 2.31 bits per heavy atom. The summed E-state index contributed by atoms with van der Waals surface area (Å²) in [5, 5.41) is 0. The van der Waals surface area contributed by atoms with Crippen molar-refractivity contribution in [2.75, 3.05) is 0 Å². The van der Waals surface area contributed by atoms with Gasteiger partial charge in [0.05, 0.1) is 11.7 Å². The van der Waals surface area contributed by atoms with Crippen molar-refractivity contribution in [3.63, 3.8) is 0 Å². The molecule has 3 nitrogen and oxygen atoms in total. The van der Waals surface area contributed by atoms with E-state index in [9.17, 15) is 0 Å². The predicted octanol–water partition coefficient (Wildman–Crippen LogP) is 1.30. The first-order valence-corrected chi connectivity index (χ1v) is 4.71. The van der Waals surface area contributed by atoms with Gasteiger partial charge in [-0.15, -0.1) is 0 Å². The molecule has 0 saturated heterocycles. The van der Waals surface area contributed by atoms with Crippen molar-refractivity contribution in [3.8, 4) is 0 Å². The smallest absolute Gasteiger partial charge is 0.0660 e. The molecular formula is C10H15N3. The topological polar surface area (TPSA) is 50.9 Å². The fraction of sp³-hybridized carbons (Fsp3) is 0.500. The van der Waals surface area contributed by atoms with Gasteiger partial charge in [0.1, 0.15) is 0 Å². The molecule has 1 heterocycles. The van der Waals surface area contributed by atoms with E-state index in [0.717, 1.165) is 11.4 Å². The average molecular weight is 177 g/mol. The van der Waals surface area contributed by atoms with Crippen LogP contribution in [0.25, 0.3) is 0 Å². The van der Waals surface area contributed by atoms with Crippen molar-refractivity contribution in [2.45, 2.75) is 25.8 Å². The molecule has 0 amide bonds. The highest BCUT2D eigenvalue weighted by atomic mass is 15.2. The van der Waals surface area contributed by atoms with Gasteiger partial charge >= 0.3 is 0 Å². The molecule has 1 fully saturated rings. The quantitative estimate of drug-likeness (QED) is 0.540. The summed E-state index contributed by atoms with van der Waals surface area (Å²) < 4.78 is 0. The maximum Gasteiger partial charge on any atom is 0.0660 e. The Bertz CT molecular complexity index is 294. The predicted molar refractivity (Wildman–Crippen MR) is 51.8 cm³/mol. The molecular weight excluding hydrogens is 162 g/mol. The third-order valence-electron chi connectivity index (χ3n) is 2.50. The molecule has 1 aromatic heterocycles. The summed E-state index contributed by atoms with van der Waals surface area (Å²) in [6.45, 7) is 2.00. The number of aromatic nitrogens is 1. The van der Waals surface area contributed by atoms with E-state index in [1.54, 1.807) is 0 Å². The fourth-order valence-corrected chi connectivity index (χ4v) is 1.63. The van der Waals surface area contributed by atoms with Crippen molar-refractivity contribution in [3.05, 3.63) is 29.6 Å². The van der Waals surface area contributed by atoms with Crippen molar-refractivity contribution in [1.82, 2.24) is 10.4 Å². The van der Waals surface area contributed by atoms with Crippen LogP contribution < -0.4 is 11.3 Å². The Morgan fingerprint density at radius 3 is 2.85 bits per heavy atom. The van der Waals surface area contributed by atoms with Gasteiger partial charge in [-0.3, -0.25) is 16.3 Å². The van der Waals surface area contributed by atoms with Gasteiger partial charge in [0.15, 0.2) is 0 Å². The van der Waals surface area contributed by atoms with E-state index in [2.05, 4.69) is 10.4 Å². The molecule has 0 bridgehead atoms. The van der Waals surface area contributed by atoms with E-state index < -0.39 is 0 Å². The summed E-state index contributed by atoms with van der Waals surface area (Å²) in [6.07, 6.45) is 2.54.